The fourth-order valence-electron chi connectivity index (χ4n) is 4.18. The first-order valence-corrected chi connectivity index (χ1v) is 9.32. The van der Waals surface area contributed by atoms with E-state index < -0.39 is 0 Å². The summed E-state index contributed by atoms with van der Waals surface area (Å²) in [7, 11) is 0. The van der Waals surface area contributed by atoms with Crippen molar-refractivity contribution in [1.29, 1.82) is 0 Å². The molecule has 0 radical (unpaired) electrons. The molecule has 0 aromatic carbocycles. The standard InChI is InChI=1S/C20H25N5O/c1-15-4-6-17(12-21-15)19(26)25-11-9-20(14-25)8-3-10-24(13-20)18-7-5-16(2)22-23-18/h4-7,12H,3,8-11,13-14H2,1-2H3. The van der Waals surface area contributed by atoms with Crippen LogP contribution in [-0.4, -0.2) is 52.2 Å². The Bertz CT molecular complexity index is 789. The second-order valence-corrected chi connectivity index (χ2v) is 7.72. The molecule has 0 aliphatic carbocycles. The number of nitrogens with zero attached hydrogens (tertiary/aromatic N) is 5. The number of hydrogen-bond donors (Lipinski definition) is 0. The van der Waals surface area contributed by atoms with Gasteiger partial charge in [-0.25, -0.2) is 0 Å². The molecule has 6 nitrogen and oxygen atoms in total. The van der Waals surface area contributed by atoms with Gasteiger partial charge in [-0.2, -0.15) is 5.10 Å². The molecule has 2 fully saturated rings. The van der Waals surface area contributed by atoms with Gasteiger partial charge in [0.15, 0.2) is 5.82 Å². The molecular formula is C20H25N5O. The summed E-state index contributed by atoms with van der Waals surface area (Å²) >= 11 is 0. The third-order valence-electron chi connectivity index (χ3n) is 5.65. The number of likely N-dealkylation sites (tertiary alicyclic amines) is 1. The van der Waals surface area contributed by atoms with Crippen molar-refractivity contribution in [3.8, 4) is 0 Å². The fourth-order valence-corrected chi connectivity index (χ4v) is 4.18. The van der Waals surface area contributed by atoms with Crippen molar-refractivity contribution < 1.29 is 4.79 Å². The van der Waals surface area contributed by atoms with Gasteiger partial charge in [0.2, 0.25) is 0 Å². The molecule has 1 spiro atoms. The highest BCUT2D eigenvalue weighted by Crippen LogP contribution is 2.40. The summed E-state index contributed by atoms with van der Waals surface area (Å²) in [5.41, 5.74) is 2.72. The van der Waals surface area contributed by atoms with Gasteiger partial charge in [0.1, 0.15) is 0 Å². The Morgan fingerprint density at radius 2 is 1.85 bits per heavy atom. The predicted molar refractivity (Wildman–Crippen MR) is 100 cm³/mol. The Hall–Kier alpha value is -2.50. The number of pyridine rings is 1. The smallest absolute Gasteiger partial charge is 0.255 e. The Labute approximate surface area is 154 Å². The van der Waals surface area contributed by atoms with E-state index in [9.17, 15) is 4.79 Å². The summed E-state index contributed by atoms with van der Waals surface area (Å²) in [6.07, 6.45) is 5.04. The van der Waals surface area contributed by atoms with Crippen LogP contribution < -0.4 is 4.90 Å². The molecule has 2 aliphatic rings. The van der Waals surface area contributed by atoms with Crippen LogP contribution >= 0.6 is 0 Å². The second kappa shape index (κ2) is 6.67. The zero-order chi connectivity index (χ0) is 18.1. The molecule has 0 saturated carbocycles. The average Bonchev–Trinajstić information content (AvgIpc) is 3.05. The normalized spacial score (nSPS) is 22.8. The van der Waals surface area contributed by atoms with Gasteiger partial charge in [0, 0.05) is 43.5 Å². The SMILES string of the molecule is Cc1ccc(C(=O)N2CCC3(CCCN(c4ccc(C)nn4)C3)C2)cn1. The highest BCUT2D eigenvalue weighted by molar-refractivity contribution is 5.94. The number of aromatic nitrogens is 3. The van der Waals surface area contributed by atoms with Crippen molar-refractivity contribution in [3.05, 3.63) is 47.4 Å². The zero-order valence-corrected chi connectivity index (χ0v) is 15.5. The molecule has 136 valence electrons. The maximum absolute atomic E-state index is 12.8. The number of piperidine rings is 1. The minimum Gasteiger partial charge on any atom is -0.355 e. The minimum absolute atomic E-state index is 0.0987. The average molecular weight is 351 g/mol. The Morgan fingerprint density at radius 1 is 1.00 bits per heavy atom. The second-order valence-electron chi connectivity index (χ2n) is 7.72. The number of carbonyl (C=O) groups excluding carboxylic acids is 1. The third kappa shape index (κ3) is 3.28. The van der Waals surface area contributed by atoms with E-state index in [4.69, 9.17) is 0 Å². The lowest BCUT2D eigenvalue weighted by atomic mass is 9.79. The molecule has 4 heterocycles. The minimum atomic E-state index is 0.0987. The highest BCUT2D eigenvalue weighted by atomic mass is 16.2. The number of amides is 1. The monoisotopic (exact) mass is 351 g/mol. The number of hydrogen-bond acceptors (Lipinski definition) is 5. The molecule has 2 aromatic rings. The number of rotatable bonds is 2. The summed E-state index contributed by atoms with van der Waals surface area (Å²) in [5, 5.41) is 8.55. The van der Waals surface area contributed by atoms with Crippen LogP contribution in [0.5, 0.6) is 0 Å². The molecule has 0 bridgehead atoms. The summed E-state index contributed by atoms with van der Waals surface area (Å²) in [4.78, 5) is 21.4. The molecule has 2 aromatic heterocycles. The number of aryl methyl sites for hydroxylation is 2. The van der Waals surface area contributed by atoms with Gasteiger partial charge < -0.3 is 9.80 Å². The maximum Gasteiger partial charge on any atom is 0.255 e. The molecule has 26 heavy (non-hydrogen) atoms. The van der Waals surface area contributed by atoms with Crippen LogP contribution in [0.1, 0.15) is 41.0 Å². The molecule has 2 saturated heterocycles. The molecular weight excluding hydrogens is 326 g/mol. The van der Waals surface area contributed by atoms with Gasteiger partial charge in [-0.15, -0.1) is 5.10 Å². The Kier molecular flexibility index (Phi) is 4.34. The van der Waals surface area contributed by atoms with Gasteiger partial charge in [-0.1, -0.05) is 0 Å². The van der Waals surface area contributed by atoms with Crippen molar-refractivity contribution >= 4 is 11.7 Å². The van der Waals surface area contributed by atoms with Gasteiger partial charge in [0.05, 0.1) is 11.3 Å². The molecule has 1 atom stereocenters. The van der Waals surface area contributed by atoms with E-state index in [0.717, 1.165) is 56.2 Å². The van der Waals surface area contributed by atoms with Gasteiger partial charge >= 0.3 is 0 Å². The first kappa shape index (κ1) is 16.9. The first-order chi connectivity index (χ1) is 12.5. The lowest BCUT2D eigenvalue weighted by molar-refractivity contribution is 0.0767. The zero-order valence-electron chi connectivity index (χ0n) is 15.5. The summed E-state index contributed by atoms with van der Waals surface area (Å²) in [5.74, 6) is 1.05. The van der Waals surface area contributed by atoms with E-state index in [2.05, 4.69) is 26.1 Å². The molecule has 1 unspecified atom stereocenters. The van der Waals surface area contributed by atoms with E-state index in [0.29, 0.717) is 5.56 Å². The fraction of sp³-hybridized carbons (Fsp3) is 0.500. The number of carbonyl (C=O) groups is 1. The Balaban J connectivity index is 1.47. The summed E-state index contributed by atoms with van der Waals surface area (Å²) < 4.78 is 0. The maximum atomic E-state index is 12.8. The van der Waals surface area contributed by atoms with Gasteiger partial charge in [0.25, 0.3) is 5.91 Å². The van der Waals surface area contributed by atoms with Crippen LogP contribution in [0.25, 0.3) is 0 Å². The van der Waals surface area contributed by atoms with Crippen molar-refractivity contribution in [2.75, 3.05) is 31.1 Å². The molecule has 2 aliphatic heterocycles. The summed E-state index contributed by atoms with van der Waals surface area (Å²) in [6.45, 7) is 7.48. The lowest BCUT2D eigenvalue weighted by Gasteiger charge is -2.40. The van der Waals surface area contributed by atoms with E-state index in [1.165, 1.54) is 6.42 Å². The molecule has 0 N–H and O–H groups in total. The highest BCUT2D eigenvalue weighted by Gasteiger charge is 2.43. The molecule has 6 heteroatoms. The van der Waals surface area contributed by atoms with Crippen molar-refractivity contribution in [1.82, 2.24) is 20.1 Å². The number of anilines is 1. The van der Waals surface area contributed by atoms with E-state index in [1.54, 1.807) is 6.20 Å². The van der Waals surface area contributed by atoms with E-state index in [1.807, 2.05) is 36.9 Å². The lowest BCUT2D eigenvalue weighted by Crippen LogP contribution is -2.45. The van der Waals surface area contributed by atoms with Crippen LogP contribution in [0.4, 0.5) is 5.82 Å². The quantitative estimate of drug-likeness (QED) is 0.832. The first-order valence-electron chi connectivity index (χ1n) is 9.32. The van der Waals surface area contributed by atoms with Crippen molar-refractivity contribution in [3.63, 3.8) is 0 Å². The van der Waals surface area contributed by atoms with Crippen LogP contribution in [-0.2, 0) is 0 Å². The van der Waals surface area contributed by atoms with Crippen LogP contribution in [0.3, 0.4) is 0 Å². The summed E-state index contributed by atoms with van der Waals surface area (Å²) in [6, 6.07) is 7.85. The third-order valence-corrected chi connectivity index (χ3v) is 5.65. The van der Waals surface area contributed by atoms with Gasteiger partial charge in [-0.05, 0) is 57.4 Å². The van der Waals surface area contributed by atoms with E-state index >= 15 is 0 Å². The largest absolute Gasteiger partial charge is 0.355 e. The Morgan fingerprint density at radius 3 is 2.58 bits per heavy atom. The molecule has 1 amide bonds. The van der Waals surface area contributed by atoms with Gasteiger partial charge in [-0.3, -0.25) is 9.78 Å². The molecule has 4 rings (SSSR count). The van der Waals surface area contributed by atoms with Crippen molar-refractivity contribution in [2.24, 2.45) is 5.41 Å². The van der Waals surface area contributed by atoms with Crippen LogP contribution in [0, 0.1) is 19.3 Å². The topological polar surface area (TPSA) is 62.2 Å². The van der Waals surface area contributed by atoms with Crippen LogP contribution in [0.15, 0.2) is 30.5 Å². The van der Waals surface area contributed by atoms with Crippen molar-refractivity contribution in [2.45, 2.75) is 33.1 Å². The predicted octanol–water partition coefficient (Wildman–Crippen LogP) is 2.62. The van der Waals surface area contributed by atoms with E-state index in [-0.39, 0.29) is 11.3 Å². The van der Waals surface area contributed by atoms with Crippen LogP contribution in [0.2, 0.25) is 0 Å².